The van der Waals surface area contributed by atoms with Crippen molar-refractivity contribution in [2.75, 3.05) is 33.4 Å². The van der Waals surface area contributed by atoms with Crippen molar-refractivity contribution in [1.29, 1.82) is 0 Å². The predicted molar refractivity (Wildman–Crippen MR) is 88.6 cm³/mol. The van der Waals surface area contributed by atoms with Crippen LogP contribution in [0.1, 0.15) is 38.5 Å². The third kappa shape index (κ3) is 5.50. The first-order chi connectivity index (χ1) is 10.8. The molecule has 0 aliphatic heterocycles. The second-order valence-corrected chi connectivity index (χ2v) is 5.93. The highest BCUT2D eigenvalue weighted by molar-refractivity contribution is 5.31. The number of methoxy groups -OCH3 is 1. The van der Waals surface area contributed by atoms with Gasteiger partial charge in [0.25, 0.3) is 0 Å². The Morgan fingerprint density at radius 2 is 1.73 bits per heavy atom. The summed E-state index contributed by atoms with van der Waals surface area (Å²) in [5.74, 6) is 1.73. The molecule has 0 spiro atoms. The maximum Gasteiger partial charge on any atom is 0.119 e. The summed E-state index contributed by atoms with van der Waals surface area (Å²) >= 11 is 0. The summed E-state index contributed by atoms with van der Waals surface area (Å²) in [6.07, 6.45) is 7.56. The molecule has 0 radical (unpaired) electrons. The Morgan fingerprint density at radius 1 is 1.05 bits per heavy atom. The summed E-state index contributed by atoms with van der Waals surface area (Å²) in [5.41, 5.74) is 0. The van der Waals surface area contributed by atoms with Crippen molar-refractivity contribution in [1.82, 2.24) is 4.90 Å². The molecule has 0 heterocycles. The first-order valence-corrected chi connectivity index (χ1v) is 8.45. The lowest BCUT2D eigenvalue weighted by Crippen LogP contribution is -2.39. The van der Waals surface area contributed by atoms with Gasteiger partial charge in [-0.2, -0.15) is 0 Å². The SMILES string of the molecule is COc1ccc(OCCCN(CCO)C2CCCCC2)cc1. The topological polar surface area (TPSA) is 41.9 Å². The van der Waals surface area contributed by atoms with E-state index in [-0.39, 0.29) is 6.61 Å². The van der Waals surface area contributed by atoms with Gasteiger partial charge >= 0.3 is 0 Å². The molecule has 0 saturated heterocycles. The van der Waals surface area contributed by atoms with Crippen LogP contribution in [0.3, 0.4) is 0 Å². The van der Waals surface area contributed by atoms with E-state index in [0.717, 1.165) is 31.0 Å². The minimum absolute atomic E-state index is 0.246. The van der Waals surface area contributed by atoms with Gasteiger partial charge in [-0.3, -0.25) is 4.90 Å². The highest BCUT2D eigenvalue weighted by atomic mass is 16.5. The number of aliphatic hydroxyl groups excluding tert-OH is 1. The fourth-order valence-corrected chi connectivity index (χ4v) is 3.18. The summed E-state index contributed by atoms with van der Waals surface area (Å²) < 4.78 is 10.9. The molecule has 0 unspecified atom stereocenters. The molecule has 124 valence electrons. The van der Waals surface area contributed by atoms with E-state index in [1.807, 2.05) is 24.3 Å². The van der Waals surface area contributed by atoms with E-state index < -0.39 is 0 Å². The number of nitrogens with zero attached hydrogens (tertiary/aromatic N) is 1. The molecule has 1 aromatic carbocycles. The third-order valence-electron chi connectivity index (χ3n) is 4.40. The van der Waals surface area contributed by atoms with Gasteiger partial charge in [0.15, 0.2) is 0 Å². The Bertz CT molecular complexity index is 401. The van der Waals surface area contributed by atoms with Crippen LogP contribution in [0.15, 0.2) is 24.3 Å². The molecular formula is C18H29NO3. The van der Waals surface area contributed by atoms with E-state index in [1.165, 1.54) is 32.1 Å². The molecule has 0 amide bonds. The van der Waals surface area contributed by atoms with Crippen molar-refractivity contribution < 1.29 is 14.6 Å². The van der Waals surface area contributed by atoms with Crippen LogP contribution in [0.25, 0.3) is 0 Å². The van der Waals surface area contributed by atoms with Gasteiger partial charge < -0.3 is 14.6 Å². The lowest BCUT2D eigenvalue weighted by Gasteiger charge is -2.33. The Hall–Kier alpha value is -1.26. The number of hydrogen-bond acceptors (Lipinski definition) is 4. The highest BCUT2D eigenvalue weighted by Gasteiger charge is 2.20. The molecule has 2 rings (SSSR count). The molecule has 1 saturated carbocycles. The van der Waals surface area contributed by atoms with Crippen LogP contribution in [0.5, 0.6) is 11.5 Å². The van der Waals surface area contributed by atoms with Crippen LogP contribution in [-0.2, 0) is 0 Å². The Morgan fingerprint density at radius 3 is 2.36 bits per heavy atom. The van der Waals surface area contributed by atoms with Crippen molar-refractivity contribution >= 4 is 0 Å². The number of benzene rings is 1. The zero-order chi connectivity index (χ0) is 15.6. The van der Waals surface area contributed by atoms with Crippen molar-refractivity contribution in [3.8, 4) is 11.5 Å². The molecule has 0 bridgehead atoms. The van der Waals surface area contributed by atoms with Crippen LogP contribution in [0.2, 0.25) is 0 Å². The lowest BCUT2D eigenvalue weighted by atomic mass is 9.94. The van der Waals surface area contributed by atoms with E-state index in [0.29, 0.717) is 12.6 Å². The molecule has 4 nitrogen and oxygen atoms in total. The summed E-state index contributed by atoms with van der Waals surface area (Å²) in [4.78, 5) is 2.44. The second kappa shape index (κ2) is 9.70. The van der Waals surface area contributed by atoms with Crippen LogP contribution >= 0.6 is 0 Å². The van der Waals surface area contributed by atoms with E-state index in [4.69, 9.17) is 9.47 Å². The van der Waals surface area contributed by atoms with Crippen molar-refractivity contribution in [3.05, 3.63) is 24.3 Å². The smallest absolute Gasteiger partial charge is 0.119 e. The highest BCUT2D eigenvalue weighted by Crippen LogP contribution is 2.22. The lowest BCUT2D eigenvalue weighted by molar-refractivity contribution is 0.116. The predicted octanol–water partition coefficient (Wildman–Crippen LogP) is 3.09. The average Bonchev–Trinajstić information content (AvgIpc) is 2.59. The van der Waals surface area contributed by atoms with Crippen molar-refractivity contribution in [2.24, 2.45) is 0 Å². The number of hydrogen-bond donors (Lipinski definition) is 1. The summed E-state index contributed by atoms with van der Waals surface area (Å²) in [5, 5.41) is 9.27. The third-order valence-corrected chi connectivity index (χ3v) is 4.40. The maximum atomic E-state index is 9.27. The molecule has 0 aromatic heterocycles. The molecule has 1 aromatic rings. The monoisotopic (exact) mass is 307 g/mol. The summed E-state index contributed by atoms with van der Waals surface area (Å²) in [6, 6.07) is 8.35. The van der Waals surface area contributed by atoms with Gasteiger partial charge in [0.05, 0.1) is 20.3 Å². The maximum absolute atomic E-state index is 9.27. The molecule has 0 atom stereocenters. The van der Waals surface area contributed by atoms with E-state index in [9.17, 15) is 5.11 Å². The number of aliphatic hydroxyl groups is 1. The molecule has 22 heavy (non-hydrogen) atoms. The fraction of sp³-hybridized carbons (Fsp3) is 0.667. The quantitative estimate of drug-likeness (QED) is 0.712. The van der Waals surface area contributed by atoms with E-state index in [1.54, 1.807) is 7.11 Å². The van der Waals surface area contributed by atoms with Crippen LogP contribution < -0.4 is 9.47 Å². The van der Waals surface area contributed by atoms with Crippen molar-refractivity contribution in [2.45, 2.75) is 44.6 Å². The normalized spacial score (nSPS) is 16.0. The largest absolute Gasteiger partial charge is 0.497 e. The summed E-state index contributed by atoms with van der Waals surface area (Å²) in [6.45, 7) is 2.74. The first kappa shape index (κ1) is 17.1. The second-order valence-electron chi connectivity index (χ2n) is 5.93. The van der Waals surface area contributed by atoms with Gasteiger partial charge in [-0.05, 0) is 43.5 Å². The Labute approximate surface area is 134 Å². The van der Waals surface area contributed by atoms with Gasteiger partial charge in [0, 0.05) is 19.1 Å². The molecule has 1 aliphatic carbocycles. The van der Waals surface area contributed by atoms with Gasteiger partial charge in [-0.15, -0.1) is 0 Å². The average molecular weight is 307 g/mol. The van der Waals surface area contributed by atoms with Gasteiger partial charge in [-0.1, -0.05) is 19.3 Å². The van der Waals surface area contributed by atoms with Crippen LogP contribution in [-0.4, -0.2) is 49.5 Å². The Balaban J connectivity index is 1.70. The van der Waals surface area contributed by atoms with Crippen molar-refractivity contribution in [3.63, 3.8) is 0 Å². The van der Waals surface area contributed by atoms with E-state index >= 15 is 0 Å². The molecule has 1 fully saturated rings. The number of rotatable bonds is 9. The zero-order valence-electron chi connectivity index (χ0n) is 13.7. The summed E-state index contributed by atoms with van der Waals surface area (Å²) in [7, 11) is 1.66. The minimum atomic E-state index is 0.246. The molecule has 4 heteroatoms. The Kier molecular flexibility index (Phi) is 7.54. The number of ether oxygens (including phenoxy) is 2. The van der Waals surface area contributed by atoms with E-state index in [2.05, 4.69) is 4.90 Å². The molecule has 1 aliphatic rings. The molecular weight excluding hydrogens is 278 g/mol. The van der Waals surface area contributed by atoms with Crippen LogP contribution in [0.4, 0.5) is 0 Å². The van der Waals surface area contributed by atoms with Crippen LogP contribution in [0, 0.1) is 0 Å². The van der Waals surface area contributed by atoms with Gasteiger partial charge in [0.2, 0.25) is 0 Å². The fourth-order valence-electron chi connectivity index (χ4n) is 3.18. The zero-order valence-corrected chi connectivity index (χ0v) is 13.7. The first-order valence-electron chi connectivity index (χ1n) is 8.45. The standard InChI is InChI=1S/C18H29NO3/c1-21-17-8-10-18(11-9-17)22-15-5-12-19(13-14-20)16-6-3-2-4-7-16/h8-11,16,20H,2-7,12-15H2,1H3. The molecule has 1 N–H and O–H groups in total. The minimum Gasteiger partial charge on any atom is -0.497 e. The van der Waals surface area contributed by atoms with Gasteiger partial charge in [-0.25, -0.2) is 0 Å². The van der Waals surface area contributed by atoms with Gasteiger partial charge in [0.1, 0.15) is 11.5 Å².